The topological polar surface area (TPSA) is 116 Å². The second kappa shape index (κ2) is 11.2. The monoisotopic (exact) mass is 479 g/mol. The summed E-state index contributed by atoms with van der Waals surface area (Å²) < 4.78 is 0. The number of anilines is 2. The van der Waals surface area contributed by atoms with Crippen LogP contribution in [0.1, 0.15) is 56.5 Å². The number of carboxylic acids is 1. The van der Waals surface area contributed by atoms with Crippen LogP contribution in [0, 0.1) is 11.8 Å². The second-order valence-electron chi connectivity index (χ2n) is 9.78. The minimum atomic E-state index is -1.14. The van der Waals surface area contributed by atoms with Crippen molar-refractivity contribution in [1.29, 1.82) is 0 Å². The first-order valence-corrected chi connectivity index (χ1v) is 11.9. The first-order valence-electron chi connectivity index (χ1n) is 11.9. The van der Waals surface area contributed by atoms with E-state index in [9.17, 15) is 24.3 Å². The van der Waals surface area contributed by atoms with Gasteiger partial charge in [-0.1, -0.05) is 58.0 Å². The lowest BCUT2D eigenvalue weighted by Gasteiger charge is -2.38. The van der Waals surface area contributed by atoms with Crippen molar-refractivity contribution in [3.63, 3.8) is 0 Å². The summed E-state index contributed by atoms with van der Waals surface area (Å²) in [5.74, 6) is -1.84. The number of nitrogens with one attached hydrogen (secondary N) is 2. The maximum absolute atomic E-state index is 13.1. The molecule has 186 valence electrons. The molecular formula is C27H33N3O5. The number of fused-ring (bicyclic) bond motifs is 1. The molecule has 0 radical (unpaired) electrons. The molecule has 0 saturated carbocycles. The summed E-state index contributed by atoms with van der Waals surface area (Å²) in [6.45, 7) is 7.88. The molecule has 35 heavy (non-hydrogen) atoms. The van der Waals surface area contributed by atoms with E-state index in [1.165, 1.54) is 6.07 Å². The van der Waals surface area contributed by atoms with Crippen LogP contribution in [0.15, 0.2) is 48.5 Å². The van der Waals surface area contributed by atoms with Gasteiger partial charge in [-0.2, -0.15) is 0 Å². The van der Waals surface area contributed by atoms with Crippen molar-refractivity contribution >= 4 is 35.1 Å². The highest BCUT2D eigenvalue weighted by Gasteiger charge is 2.37. The summed E-state index contributed by atoms with van der Waals surface area (Å²) in [5.41, 5.74) is 1.88. The van der Waals surface area contributed by atoms with Crippen LogP contribution in [0.5, 0.6) is 0 Å². The van der Waals surface area contributed by atoms with Crippen LogP contribution in [0.25, 0.3) is 0 Å². The molecule has 3 rings (SSSR count). The van der Waals surface area contributed by atoms with Gasteiger partial charge in [-0.15, -0.1) is 0 Å². The highest BCUT2D eigenvalue weighted by atomic mass is 16.4. The molecular weight excluding hydrogens is 446 g/mol. The summed E-state index contributed by atoms with van der Waals surface area (Å²) >= 11 is 0. The highest BCUT2D eigenvalue weighted by Crippen LogP contribution is 2.35. The zero-order valence-corrected chi connectivity index (χ0v) is 20.6. The Morgan fingerprint density at radius 3 is 2.31 bits per heavy atom. The first kappa shape index (κ1) is 25.9. The van der Waals surface area contributed by atoms with E-state index in [4.69, 9.17) is 0 Å². The average molecular weight is 480 g/mol. The lowest BCUT2D eigenvalue weighted by molar-refractivity contribution is -0.139. The number of carbonyl (C=O) groups is 4. The van der Waals surface area contributed by atoms with Gasteiger partial charge < -0.3 is 15.7 Å². The van der Waals surface area contributed by atoms with Crippen molar-refractivity contribution in [2.75, 3.05) is 10.2 Å². The molecule has 8 nitrogen and oxygen atoms in total. The number of hydrogen-bond donors (Lipinski definition) is 3. The number of aliphatic carboxylic acids is 1. The fourth-order valence-electron chi connectivity index (χ4n) is 4.19. The zero-order valence-electron chi connectivity index (χ0n) is 20.6. The van der Waals surface area contributed by atoms with Crippen LogP contribution < -0.4 is 15.5 Å². The number of nitrogens with zero attached hydrogens (tertiary/aromatic N) is 1. The number of benzene rings is 2. The molecule has 0 spiro atoms. The Hall–Kier alpha value is -3.68. The van der Waals surface area contributed by atoms with Crippen LogP contribution in [0.3, 0.4) is 0 Å². The molecule has 0 aromatic heterocycles. The van der Waals surface area contributed by atoms with Gasteiger partial charge in [0.15, 0.2) is 0 Å². The number of hydrogen-bond acceptors (Lipinski definition) is 4. The normalized spacial score (nSPS) is 16.0. The van der Waals surface area contributed by atoms with Crippen LogP contribution >= 0.6 is 0 Å². The van der Waals surface area contributed by atoms with Gasteiger partial charge in [0.1, 0.15) is 12.1 Å². The summed E-state index contributed by atoms with van der Waals surface area (Å²) in [4.78, 5) is 52.3. The molecule has 3 N–H and O–H groups in total. The molecule has 1 aliphatic heterocycles. The predicted molar refractivity (Wildman–Crippen MR) is 134 cm³/mol. The fraction of sp³-hybridized carbons (Fsp3) is 0.407. The van der Waals surface area contributed by atoms with Gasteiger partial charge in [0.05, 0.1) is 11.4 Å². The van der Waals surface area contributed by atoms with Crippen LogP contribution in [0.2, 0.25) is 0 Å². The van der Waals surface area contributed by atoms with Crippen molar-refractivity contribution < 1.29 is 24.3 Å². The Bertz CT molecular complexity index is 1100. The minimum Gasteiger partial charge on any atom is -0.480 e. The van der Waals surface area contributed by atoms with Gasteiger partial charge in [-0.25, -0.2) is 4.79 Å². The van der Waals surface area contributed by atoms with Gasteiger partial charge in [-0.05, 0) is 42.0 Å². The molecule has 2 unspecified atom stereocenters. The van der Waals surface area contributed by atoms with Crippen molar-refractivity contribution in [2.24, 2.45) is 11.8 Å². The molecule has 0 bridgehead atoms. The summed E-state index contributed by atoms with van der Waals surface area (Å²) in [6.07, 6.45) is 0.943. The third-order valence-corrected chi connectivity index (χ3v) is 5.82. The average Bonchev–Trinajstić information content (AvgIpc) is 2.78. The summed E-state index contributed by atoms with van der Waals surface area (Å²) in [7, 11) is 0. The van der Waals surface area contributed by atoms with Gasteiger partial charge >= 0.3 is 5.97 Å². The smallest absolute Gasteiger partial charge is 0.326 e. The Morgan fingerprint density at radius 1 is 1.03 bits per heavy atom. The van der Waals surface area contributed by atoms with E-state index in [1.807, 2.05) is 33.8 Å². The third-order valence-electron chi connectivity index (χ3n) is 5.82. The molecule has 3 amide bonds. The van der Waals surface area contributed by atoms with Crippen molar-refractivity contribution in [1.82, 2.24) is 5.32 Å². The minimum absolute atomic E-state index is 0.123. The molecule has 0 aliphatic carbocycles. The maximum atomic E-state index is 13.1. The van der Waals surface area contributed by atoms with E-state index in [0.29, 0.717) is 24.2 Å². The van der Waals surface area contributed by atoms with Gasteiger partial charge in [0, 0.05) is 18.4 Å². The Kier molecular flexibility index (Phi) is 8.27. The molecule has 2 atom stereocenters. The predicted octanol–water partition coefficient (Wildman–Crippen LogP) is 3.86. The number of amides is 3. The second-order valence-corrected chi connectivity index (χ2v) is 9.78. The van der Waals surface area contributed by atoms with E-state index in [1.54, 1.807) is 41.3 Å². The summed E-state index contributed by atoms with van der Waals surface area (Å²) in [6, 6.07) is 12.0. The Balaban J connectivity index is 1.87. The van der Waals surface area contributed by atoms with E-state index in [-0.39, 0.29) is 35.6 Å². The largest absolute Gasteiger partial charge is 0.480 e. The fourth-order valence-corrected chi connectivity index (χ4v) is 4.19. The lowest BCUT2D eigenvalue weighted by atomic mass is 9.96. The SMILES string of the molecule is CC(C)CC(=O)N1c2ccc(C(=O)NC(Cc3ccccc3)C(=O)O)cc2NC(=O)C1CC(C)C. The van der Waals surface area contributed by atoms with Gasteiger partial charge in [0.25, 0.3) is 5.91 Å². The first-order chi connectivity index (χ1) is 16.6. The van der Waals surface area contributed by atoms with E-state index >= 15 is 0 Å². The van der Waals surface area contributed by atoms with Gasteiger partial charge in [-0.3, -0.25) is 19.3 Å². The summed E-state index contributed by atoms with van der Waals surface area (Å²) in [5, 5.41) is 15.0. The number of rotatable bonds is 9. The molecule has 2 aromatic carbocycles. The maximum Gasteiger partial charge on any atom is 0.326 e. The number of carbonyl (C=O) groups excluding carboxylic acids is 3. The number of carboxylic acid groups (broad SMARTS) is 1. The Labute approximate surface area is 205 Å². The molecule has 8 heteroatoms. The zero-order chi connectivity index (χ0) is 25.7. The molecule has 0 fully saturated rings. The van der Waals surface area contributed by atoms with Crippen LogP contribution in [-0.4, -0.2) is 40.9 Å². The third kappa shape index (κ3) is 6.47. The molecule has 2 aromatic rings. The van der Waals surface area contributed by atoms with Crippen molar-refractivity contribution in [2.45, 2.75) is 59.0 Å². The van der Waals surface area contributed by atoms with Crippen molar-refractivity contribution in [3.05, 3.63) is 59.7 Å². The standard InChI is InChI=1S/C27H33N3O5/c1-16(2)12-23-26(33)28-20-15-19(10-11-22(20)30(23)24(31)13-17(3)4)25(32)29-21(27(34)35)14-18-8-6-5-7-9-18/h5-11,15-17,21,23H,12-14H2,1-4H3,(H,28,33)(H,29,32)(H,34,35). The van der Waals surface area contributed by atoms with Crippen LogP contribution in [-0.2, 0) is 20.8 Å². The van der Waals surface area contributed by atoms with E-state index in [0.717, 1.165) is 5.56 Å². The van der Waals surface area contributed by atoms with Gasteiger partial charge in [0.2, 0.25) is 11.8 Å². The molecule has 1 heterocycles. The Morgan fingerprint density at radius 2 is 1.71 bits per heavy atom. The quantitative estimate of drug-likeness (QED) is 0.505. The van der Waals surface area contributed by atoms with Crippen LogP contribution in [0.4, 0.5) is 11.4 Å². The molecule has 0 saturated heterocycles. The van der Waals surface area contributed by atoms with E-state index < -0.39 is 24.0 Å². The van der Waals surface area contributed by atoms with E-state index in [2.05, 4.69) is 10.6 Å². The lowest BCUT2D eigenvalue weighted by Crippen LogP contribution is -2.52. The van der Waals surface area contributed by atoms with Crippen molar-refractivity contribution in [3.8, 4) is 0 Å². The molecule has 1 aliphatic rings. The highest BCUT2D eigenvalue weighted by molar-refractivity contribution is 6.13.